The summed E-state index contributed by atoms with van der Waals surface area (Å²) in [6.45, 7) is 0. The molecule has 0 aliphatic heterocycles. The van der Waals surface area contributed by atoms with E-state index >= 15 is 0 Å². The predicted molar refractivity (Wildman–Crippen MR) is 164 cm³/mol. The molecule has 0 spiro atoms. The molecule has 0 amide bonds. The van der Waals surface area contributed by atoms with E-state index in [1.54, 1.807) is 48.5 Å². The van der Waals surface area contributed by atoms with Gasteiger partial charge in [0.2, 0.25) is 0 Å². The number of ether oxygens (including phenoxy) is 1. The van der Waals surface area contributed by atoms with Gasteiger partial charge < -0.3 is 30.3 Å². The average Bonchev–Trinajstić information content (AvgIpc) is 3.00. The molecule has 1 unspecified atom stereocenters. The van der Waals surface area contributed by atoms with Crippen LogP contribution in [0.2, 0.25) is 0 Å². The van der Waals surface area contributed by atoms with E-state index < -0.39 is 12.0 Å². The first kappa shape index (κ1) is 29.7. The van der Waals surface area contributed by atoms with Crippen molar-refractivity contribution in [2.75, 3.05) is 7.11 Å². The second-order valence-electron chi connectivity index (χ2n) is 11.1. The monoisotopic (exact) mass is 580 g/mol. The van der Waals surface area contributed by atoms with E-state index in [9.17, 15) is 30.3 Å². The van der Waals surface area contributed by atoms with Crippen molar-refractivity contribution >= 4 is 5.78 Å². The number of carbonyl (C=O) groups is 1. The molecular formula is C36H36O7. The molecule has 4 aromatic carbocycles. The van der Waals surface area contributed by atoms with Gasteiger partial charge in [0.05, 0.1) is 18.8 Å². The van der Waals surface area contributed by atoms with Crippen LogP contribution in [0.3, 0.4) is 0 Å². The van der Waals surface area contributed by atoms with E-state index in [4.69, 9.17) is 4.74 Å². The highest BCUT2D eigenvalue weighted by Crippen LogP contribution is 2.46. The molecule has 0 fully saturated rings. The number of rotatable bonds is 10. The van der Waals surface area contributed by atoms with Crippen molar-refractivity contribution in [3.8, 4) is 28.7 Å². The molecule has 1 aliphatic rings. The number of phenolic OH excluding ortho intramolecular Hbond substituents is 4. The summed E-state index contributed by atoms with van der Waals surface area (Å²) < 4.78 is 5.55. The van der Waals surface area contributed by atoms with Gasteiger partial charge in [-0.05, 0) is 90.3 Å². The van der Waals surface area contributed by atoms with Crippen molar-refractivity contribution in [1.82, 2.24) is 0 Å². The second-order valence-corrected chi connectivity index (χ2v) is 11.1. The standard InChI is InChI=1S/C36H36O7/c1-43-34-21-33(42)35(31-19-25(20-32(41)36(31)34)23-8-15-28(39)16-9-23)30(24-10-17-29(40)18-11-24)4-2-3-26(37)12-5-22-6-13-27(38)14-7-22/h2,4,6-11,13-18,21,25-26,30,37-40,42H,3,5,12,19-20H2,1H3/b4-2+/t25?,26-,30-/m1/s1. The molecule has 4 aromatic rings. The predicted octanol–water partition coefficient (Wildman–Crippen LogP) is 6.50. The molecule has 0 radical (unpaired) electrons. The van der Waals surface area contributed by atoms with E-state index in [1.807, 2.05) is 36.4 Å². The number of allylic oxidation sites excluding steroid dienone is 1. The first-order chi connectivity index (χ1) is 20.7. The van der Waals surface area contributed by atoms with Crippen molar-refractivity contribution in [3.05, 3.63) is 124 Å². The number of aliphatic hydroxyl groups is 1. The molecular weight excluding hydrogens is 544 g/mol. The molecule has 0 saturated heterocycles. The quantitative estimate of drug-likeness (QED) is 0.135. The number of methoxy groups -OCH3 is 1. The lowest BCUT2D eigenvalue weighted by Crippen LogP contribution is -2.22. The van der Waals surface area contributed by atoms with Gasteiger partial charge in [0.15, 0.2) is 5.78 Å². The van der Waals surface area contributed by atoms with Crippen LogP contribution in [-0.2, 0) is 12.8 Å². The maximum atomic E-state index is 13.6. The molecule has 7 nitrogen and oxygen atoms in total. The lowest BCUT2D eigenvalue weighted by molar-refractivity contribution is 0.0960. The molecule has 0 heterocycles. The SMILES string of the molecule is COc1cc(O)c([C@H](/C=C/C[C@@H](O)CCc2ccc(O)cc2)c2ccc(O)cc2)c2c1C(=O)CC(c1ccc(O)cc1)C2. The van der Waals surface area contributed by atoms with Crippen molar-refractivity contribution in [2.24, 2.45) is 0 Å². The number of Topliss-reactive ketones (excluding diaryl/α,β-unsaturated/α-hetero) is 1. The van der Waals surface area contributed by atoms with Crippen LogP contribution in [0.5, 0.6) is 28.7 Å². The van der Waals surface area contributed by atoms with Gasteiger partial charge in [-0.3, -0.25) is 4.79 Å². The van der Waals surface area contributed by atoms with E-state index in [0.717, 1.165) is 16.7 Å². The zero-order valence-corrected chi connectivity index (χ0v) is 24.0. The molecule has 5 rings (SSSR count). The number of benzene rings is 4. The zero-order valence-electron chi connectivity index (χ0n) is 24.0. The van der Waals surface area contributed by atoms with Crippen molar-refractivity contribution < 1.29 is 35.1 Å². The largest absolute Gasteiger partial charge is 0.508 e. The Labute approximate surface area is 251 Å². The Kier molecular flexibility index (Phi) is 9.02. The minimum absolute atomic E-state index is 0.00893. The summed E-state index contributed by atoms with van der Waals surface area (Å²) >= 11 is 0. The first-order valence-electron chi connectivity index (χ1n) is 14.4. The smallest absolute Gasteiger partial charge is 0.167 e. The van der Waals surface area contributed by atoms with Gasteiger partial charge in [-0.25, -0.2) is 0 Å². The molecule has 5 N–H and O–H groups in total. The highest BCUT2D eigenvalue weighted by Gasteiger charge is 2.34. The van der Waals surface area contributed by atoms with Crippen molar-refractivity contribution in [3.63, 3.8) is 0 Å². The van der Waals surface area contributed by atoms with Crippen LogP contribution in [0.15, 0.2) is 91.0 Å². The van der Waals surface area contributed by atoms with Gasteiger partial charge in [-0.15, -0.1) is 0 Å². The third-order valence-corrected chi connectivity index (χ3v) is 8.17. The molecule has 43 heavy (non-hydrogen) atoms. The molecule has 222 valence electrons. The number of phenols is 4. The van der Waals surface area contributed by atoms with Crippen LogP contribution in [0, 0.1) is 0 Å². The van der Waals surface area contributed by atoms with E-state index in [2.05, 4.69) is 0 Å². The van der Waals surface area contributed by atoms with Crippen LogP contribution >= 0.6 is 0 Å². The van der Waals surface area contributed by atoms with Crippen LogP contribution < -0.4 is 4.74 Å². The third-order valence-electron chi connectivity index (χ3n) is 8.17. The fourth-order valence-corrected chi connectivity index (χ4v) is 5.91. The summed E-state index contributed by atoms with van der Waals surface area (Å²) in [4.78, 5) is 13.6. The normalized spacial score (nSPS) is 16.1. The van der Waals surface area contributed by atoms with Crippen molar-refractivity contribution in [1.29, 1.82) is 0 Å². The zero-order chi connectivity index (χ0) is 30.5. The van der Waals surface area contributed by atoms with Crippen LogP contribution in [-0.4, -0.2) is 44.5 Å². The Balaban J connectivity index is 1.49. The van der Waals surface area contributed by atoms with Crippen LogP contribution in [0.1, 0.15) is 69.3 Å². The second kappa shape index (κ2) is 13.0. The summed E-state index contributed by atoms with van der Waals surface area (Å²) in [6.07, 6.45) is 5.51. The number of fused-ring (bicyclic) bond motifs is 1. The highest BCUT2D eigenvalue weighted by molar-refractivity contribution is 6.02. The van der Waals surface area contributed by atoms with Crippen LogP contribution in [0.25, 0.3) is 0 Å². The van der Waals surface area contributed by atoms with Gasteiger partial charge in [0.25, 0.3) is 0 Å². The number of aromatic hydroxyl groups is 4. The molecule has 7 heteroatoms. The Hall–Kier alpha value is -4.75. The van der Waals surface area contributed by atoms with E-state index in [1.165, 1.54) is 13.2 Å². The van der Waals surface area contributed by atoms with Gasteiger partial charge >= 0.3 is 0 Å². The highest BCUT2D eigenvalue weighted by atomic mass is 16.5. The summed E-state index contributed by atoms with van der Waals surface area (Å²) in [6, 6.07) is 22.0. The Morgan fingerprint density at radius 1 is 0.860 bits per heavy atom. The Bertz CT molecular complexity index is 1590. The molecule has 0 saturated carbocycles. The number of ketones is 1. The number of aliphatic hydroxyl groups excluding tert-OH is 1. The van der Waals surface area contributed by atoms with Gasteiger partial charge in [-0.1, -0.05) is 48.6 Å². The number of carbonyl (C=O) groups excluding carboxylic acids is 1. The third kappa shape index (κ3) is 6.84. The Morgan fingerprint density at radius 2 is 1.47 bits per heavy atom. The summed E-state index contributed by atoms with van der Waals surface area (Å²) in [5.41, 5.74) is 4.46. The summed E-state index contributed by atoms with van der Waals surface area (Å²) in [7, 11) is 1.48. The number of aryl methyl sites for hydroxylation is 1. The Morgan fingerprint density at radius 3 is 2.09 bits per heavy atom. The first-order valence-corrected chi connectivity index (χ1v) is 14.4. The van der Waals surface area contributed by atoms with E-state index in [-0.39, 0.29) is 41.1 Å². The van der Waals surface area contributed by atoms with Gasteiger partial charge in [-0.2, -0.15) is 0 Å². The molecule has 3 atom stereocenters. The number of hydrogen-bond acceptors (Lipinski definition) is 7. The van der Waals surface area contributed by atoms with Gasteiger partial charge in [0.1, 0.15) is 28.7 Å². The minimum Gasteiger partial charge on any atom is -0.508 e. The van der Waals surface area contributed by atoms with Crippen LogP contribution in [0.4, 0.5) is 0 Å². The number of hydrogen-bond donors (Lipinski definition) is 5. The minimum atomic E-state index is -0.607. The maximum Gasteiger partial charge on any atom is 0.167 e. The van der Waals surface area contributed by atoms with E-state index in [0.29, 0.717) is 48.1 Å². The summed E-state index contributed by atoms with van der Waals surface area (Å²) in [5.74, 6) is 0.0543. The van der Waals surface area contributed by atoms with Gasteiger partial charge in [0, 0.05) is 24.0 Å². The lowest BCUT2D eigenvalue weighted by atomic mass is 9.74. The average molecular weight is 581 g/mol. The van der Waals surface area contributed by atoms with Crippen molar-refractivity contribution in [2.45, 2.75) is 50.0 Å². The molecule has 0 bridgehead atoms. The fourth-order valence-electron chi connectivity index (χ4n) is 5.91. The molecule has 0 aromatic heterocycles. The lowest BCUT2D eigenvalue weighted by Gasteiger charge is -2.30. The fraction of sp³-hybridized carbons (Fsp3) is 0.250. The maximum absolute atomic E-state index is 13.6. The molecule has 1 aliphatic carbocycles. The topological polar surface area (TPSA) is 127 Å². The summed E-state index contributed by atoms with van der Waals surface area (Å²) in [5, 5.41) is 51.4.